The molecule has 1 aliphatic heterocycles. The molecular weight excluding hydrogens is 472 g/mol. The molecule has 0 spiro atoms. The first-order valence-corrected chi connectivity index (χ1v) is 18.1. The van der Waals surface area contributed by atoms with Crippen LogP contribution in [0.2, 0.25) is 39.3 Å². The van der Waals surface area contributed by atoms with Gasteiger partial charge >= 0.3 is 5.69 Å². The topological polar surface area (TPSA) is 114 Å². The van der Waals surface area contributed by atoms with Crippen molar-refractivity contribution in [2.45, 2.75) is 64.1 Å². The van der Waals surface area contributed by atoms with Crippen molar-refractivity contribution in [3.05, 3.63) is 47.1 Å². The van der Waals surface area contributed by atoms with Gasteiger partial charge in [-0.1, -0.05) is 18.2 Å². The number of ether oxygens (including phenoxy) is 2. The van der Waals surface area contributed by atoms with Gasteiger partial charge in [0.1, 0.15) is 24.4 Å². The van der Waals surface area contributed by atoms with Crippen LogP contribution in [0.25, 0.3) is 0 Å². The number of hydrogen-bond acceptors (Lipinski definition) is 8. The van der Waals surface area contributed by atoms with E-state index in [1.54, 1.807) is 12.1 Å². The number of carbonyl (C=O) groups excluding carboxylic acids is 1. The molecule has 1 aliphatic rings. The molecule has 3 rings (SSSR count). The van der Waals surface area contributed by atoms with Crippen LogP contribution in [0.4, 0.5) is 5.95 Å². The second-order valence-corrected chi connectivity index (χ2v) is 19.1. The van der Waals surface area contributed by atoms with Crippen molar-refractivity contribution in [3.8, 4) is 5.75 Å². The molecule has 1 saturated heterocycles. The molecule has 3 unspecified atom stereocenters. The standard InChI is InChI=1S/C22H34N4O6Si2/c1-33(2,3)30-13-18-17(32-34(4,5)6)12-20(31-18)26-15-23-21(25-22(26)28)24-19(27)14-29-16-10-8-7-9-11-16/h7-11,15,17-18,20H,12-14H2,1-6H3,(H,24,25,27,28). The molecule has 10 nitrogen and oxygen atoms in total. The molecule has 2 aromatic rings. The van der Waals surface area contributed by atoms with Gasteiger partial charge in [-0.15, -0.1) is 0 Å². The number of rotatable bonds is 10. The third-order valence-corrected chi connectivity index (χ3v) is 6.81. The van der Waals surface area contributed by atoms with Gasteiger partial charge < -0.3 is 18.3 Å². The summed E-state index contributed by atoms with van der Waals surface area (Å²) in [6, 6.07) is 8.95. The molecule has 0 aliphatic carbocycles. The van der Waals surface area contributed by atoms with Crippen molar-refractivity contribution in [2.24, 2.45) is 0 Å². The largest absolute Gasteiger partial charge is 0.484 e. The number of hydrogen-bond donors (Lipinski definition) is 1. The molecule has 34 heavy (non-hydrogen) atoms. The quantitative estimate of drug-likeness (QED) is 0.489. The van der Waals surface area contributed by atoms with Crippen LogP contribution in [0, 0.1) is 0 Å². The molecule has 2 heterocycles. The number of amides is 1. The fourth-order valence-corrected chi connectivity index (χ4v) is 5.18. The van der Waals surface area contributed by atoms with Gasteiger partial charge in [0.15, 0.2) is 23.2 Å². The van der Waals surface area contributed by atoms with Gasteiger partial charge in [-0.2, -0.15) is 4.98 Å². The minimum absolute atomic E-state index is 0.0885. The Balaban J connectivity index is 1.64. The van der Waals surface area contributed by atoms with Gasteiger partial charge in [-0.3, -0.25) is 14.7 Å². The maximum atomic E-state index is 12.7. The maximum Gasteiger partial charge on any atom is 0.354 e. The molecule has 1 aromatic carbocycles. The van der Waals surface area contributed by atoms with Gasteiger partial charge in [0.25, 0.3) is 5.91 Å². The van der Waals surface area contributed by atoms with Gasteiger partial charge in [0.2, 0.25) is 5.95 Å². The smallest absolute Gasteiger partial charge is 0.354 e. The predicted molar refractivity (Wildman–Crippen MR) is 133 cm³/mol. The predicted octanol–water partition coefficient (Wildman–Crippen LogP) is 3.01. The van der Waals surface area contributed by atoms with E-state index in [1.165, 1.54) is 10.9 Å². The van der Waals surface area contributed by atoms with E-state index >= 15 is 0 Å². The summed E-state index contributed by atoms with van der Waals surface area (Å²) in [4.78, 5) is 32.8. The first kappa shape index (κ1) is 26.2. The first-order valence-electron chi connectivity index (χ1n) is 11.3. The number of anilines is 1. The zero-order chi connectivity index (χ0) is 24.9. The average Bonchev–Trinajstić information content (AvgIpc) is 3.11. The van der Waals surface area contributed by atoms with Gasteiger partial charge in [-0.25, -0.2) is 9.78 Å². The third-order valence-electron chi connectivity index (χ3n) is 4.77. The summed E-state index contributed by atoms with van der Waals surface area (Å²) in [5.41, 5.74) is -0.571. The van der Waals surface area contributed by atoms with Crippen molar-refractivity contribution in [1.29, 1.82) is 0 Å². The number of nitrogens with zero attached hydrogens (tertiary/aromatic N) is 3. The number of nitrogens with one attached hydrogen (secondary N) is 1. The zero-order valence-corrected chi connectivity index (χ0v) is 22.6. The summed E-state index contributed by atoms with van der Waals surface area (Å²) in [5, 5.41) is 2.48. The minimum atomic E-state index is -1.85. The number of para-hydroxylation sites is 1. The minimum Gasteiger partial charge on any atom is -0.484 e. The molecular formula is C22H34N4O6Si2. The van der Waals surface area contributed by atoms with Gasteiger partial charge in [0.05, 0.1) is 12.7 Å². The van der Waals surface area contributed by atoms with E-state index in [9.17, 15) is 9.59 Å². The molecule has 0 radical (unpaired) electrons. The van der Waals surface area contributed by atoms with Crippen LogP contribution in [0.1, 0.15) is 12.6 Å². The fraction of sp³-hybridized carbons (Fsp3) is 0.545. The van der Waals surface area contributed by atoms with Crippen molar-refractivity contribution >= 4 is 28.5 Å². The Hall–Kier alpha value is -2.39. The lowest BCUT2D eigenvalue weighted by molar-refractivity contribution is -0.118. The summed E-state index contributed by atoms with van der Waals surface area (Å²) in [5.74, 6) is 0.00909. The molecule has 0 saturated carbocycles. The van der Waals surface area contributed by atoms with E-state index in [0.717, 1.165) is 0 Å². The monoisotopic (exact) mass is 506 g/mol. The molecule has 12 heteroatoms. The Morgan fingerprint density at radius 1 is 1.15 bits per heavy atom. The summed E-state index contributed by atoms with van der Waals surface area (Å²) in [6.45, 7) is 12.9. The number of benzene rings is 1. The second kappa shape index (κ2) is 10.9. The lowest BCUT2D eigenvalue weighted by Crippen LogP contribution is -2.40. The molecule has 1 N–H and O–H groups in total. The van der Waals surface area contributed by atoms with Crippen LogP contribution in [0.3, 0.4) is 0 Å². The zero-order valence-electron chi connectivity index (χ0n) is 20.6. The number of aromatic nitrogens is 3. The van der Waals surface area contributed by atoms with Crippen LogP contribution in [-0.2, 0) is 18.4 Å². The lowest BCUT2D eigenvalue weighted by atomic mass is 10.2. The number of carbonyl (C=O) groups is 1. The van der Waals surface area contributed by atoms with Crippen LogP contribution >= 0.6 is 0 Å². The van der Waals surface area contributed by atoms with Gasteiger partial charge in [-0.05, 0) is 51.4 Å². The van der Waals surface area contributed by atoms with E-state index in [0.29, 0.717) is 18.8 Å². The molecule has 1 aromatic heterocycles. The first-order chi connectivity index (χ1) is 15.9. The Labute approximate surface area is 201 Å². The second-order valence-electron chi connectivity index (χ2n) is 10.1. The summed E-state index contributed by atoms with van der Waals surface area (Å²) in [6.07, 6.45) is 0.778. The normalized spacial score (nSPS) is 20.8. The molecule has 1 amide bonds. The maximum absolute atomic E-state index is 12.7. The van der Waals surface area contributed by atoms with Crippen molar-refractivity contribution in [3.63, 3.8) is 0 Å². The van der Waals surface area contributed by atoms with E-state index in [2.05, 4.69) is 54.6 Å². The van der Waals surface area contributed by atoms with E-state index in [1.807, 2.05) is 18.2 Å². The molecule has 186 valence electrons. The lowest BCUT2D eigenvalue weighted by Gasteiger charge is -2.28. The Bertz CT molecular complexity index is 1020. The SMILES string of the molecule is C[Si](C)(C)OCC1OC(n2cnc(NC(=O)COc3ccccc3)nc2=O)CC1O[Si](C)(C)C. The van der Waals surface area contributed by atoms with Crippen molar-refractivity contribution < 1.29 is 23.1 Å². The highest BCUT2D eigenvalue weighted by Gasteiger charge is 2.40. The summed E-state index contributed by atoms with van der Waals surface area (Å²) >= 11 is 0. The van der Waals surface area contributed by atoms with Crippen LogP contribution in [-0.4, -0.2) is 62.5 Å². The average molecular weight is 507 g/mol. The van der Waals surface area contributed by atoms with E-state index < -0.39 is 34.5 Å². The van der Waals surface area contributed by atoms with E-state index in [4.69, 9.17) is 18.3 Å². The third kappa shape index (κ3) is 8.13. The highest BCUT2D eigenvalue weighted by molar-refractivity contribution is 6.70. The Morgan fingerprint density at radius 2 is 1.85 bits per heavy atom. The molecule has 0 bridgehead atoms. The van der Waals surface area contributed by atoms with Crippen molar-refractivity contribution in [1.82, 2.24) is 14.5 Å². The highest BCUT2D eigenvalue weighted by atomic mass is 28.4. The Morgan fingerprint density at radius 3 is 2.47 bits per heavy atom. The summed E-state index contributed by atoms with van der Waals surface area (Å²) < 4.78 is 25.3. The highest BCUT2D eigenvalue weighted by Crippen LogP contribution is 2.32. The van der Waals surface area contributed by atoms with Crippen molar-refractivity contribution in [2.75, 3.05) is 18.5 Å². The summed E-state index contributed by atoms with van der Waals surface area (Å²) in [7, 11) is -3.59. The van der Waals surface area contributed by atoms with Crippen LogP contribution in [0.5, 0.6) is 5.75 Å². The Kier molecular flexibility index (Phi) is 8.41. The fourth-order valence-electron chi connectivity index (χ4n) is 3.36. The van der Waals surface area contributed by atoms with Crippen LogP contribution in [0.15, 0.2) is 41.5 Å². The van der Waals surface area contributed by atoms with Gasteiger partial charge in [0, 0.05) is 6.42 Å². The molecule has 1 fully saturated rings. The van der Waals surface area contributed by atoms with Crippen LogP contribution < -0.4 is 15.7 Å². The van der Waals surface area contributed by atoms with E-state index in [-0.39, 0.29) is 24.8 Å². The molecule has 3 atom stereocenters.